The van der Waals surface area contributed by atoms with Crippen LogP contribution in [0, 0.1) is 0 Å². The van der Waals surface area contributed by atoms with E-state index in [-0.39, 0.29) is 17.8 Å². The zero-order chi connectivity index (χ0) is 11.0. The van der Waals surface area contributed by atoms with E-state index in [0.717, 1.165) is 12.8 Å². The largest absolute Gasteiger partial charge is 0.477 e. The highest BCUT2D eigenvalue weighted by atomic mass is 35.5. The summed E-state index contributed by atoms with van der Waals surface area (Å²) < 4.78 is 6.87. The molecule has 1 N–H and O–H groups in total. The number of rotatable bonds is 3. The zero-order valence-corrected chi connectivity index (χ0v) is 9.07. The monoisotopic (exact) mass is 229 g/mol. The SMILES string of the molecule is COC1CC(n2cc(Cl)cc2C(=O)O)C1. The smallest absolute Gasteiger partial charge is 0.352 e. The predicted octanol–water partition coefficient (Wildman–Crippen LogP) is 2.19. The van der Waals surface area contributed by atoms with Gasteiger partial charge in [-0.15, -0.1) is 0 Å². The highest BCUT2D eigenvalue weighted by Gasteiger charge is 2.32. The Labute approximate surface area is 92.4 Å². The van der Waals surface area contributed by atoms with Crippen molar-refractivity contribution < 1.29 is 14.6 Å². The first-order chi connectivity index (χ1) is 7.11. The number of halogens is 1. The lowest BCUT2D eigenvalue weighted by molar-refractivity contribution is 0.00498. The summed E-state index contributed by atoms with van der Waals surface area (Å²) in [6.07, 6.45) is 3.61. The Morgan fingerprint density at radius 1 is 1.67 bits per heavy atom. The molecule has 82 valence electrons. The second kappa shape index (κ2) is 3.87. The maximum atomic E-state index is 10.9. The van der Waals surface area contributed by atoms with Gasteiger partial charge < -0.3 is 14.4 Å². The van der Waals surface area contributed by atoms with Crippen LogP contribution in [0.1, 0.15) is 29.4 Å². The van der Waals surface area contributed by atoms with Gasteiger partial charge in [-0.3, -0.25) is 0 Å². The quantitative estimate of drug-likeness (QED) is 0.865. The van der Waals surface area contributed by atoms with Gasteiger partial charge in [0.2, 0.25) is 0 Å². The molecule has 1 aromatic heterocycles. The Kier molecular flexibility index (Phi) is 2.71. The van der Waals surface area contributed by atoms with Crippen LogP contribution in [0.25, 0.3) is 0 Å². The van der Waals surface area contributed by atoms with Crippen LogP contribution in [0.2, 0.25) is 5.02 Å². The number of nitrogens with zero attached hydrogens (tertiary/aromatic N) is 1. The molecular weight excluding hydrogens is 218 g/mol. The average molecular weight is 230 g/mol. The topological polar surface area (TPSA) is 51.5 Å². The molecular formula is C10H12ClNO3. The van der Waals surface area contributed by atoms with Crippen molar-refractivity contribution in [2.45, 2.75) is 25.0 Å². The van der Waals surface area contributed by atoms with E-state index in [4.69, 9.17) is 21.4 Å². The molecule has 1 saturated carbocycles. The Morgan fingerprint density at radius 3 is 2.87 bits per heavy atom. The molecule has 0 saturated heterocycles. The third kappa shape index (κ3) is 1.87. The van der Waals surface area contributed by atoms with Gasteiger partial charge in [0.05, 0.1) is 11.1 Å². The third-order valence-electron chi connectivity index (χ3n) is 2.83. The molecule has 0 atom stereocenters. The van der Waals surface area contributed by atoms with Crippen molar-refractivity contribution in [3.63, 3.8) is 0 Å². The first kappa shape index (κ1) is 10.5. The van der Waals surface area contributed by atoms with E-state index in [0.29, 0.717) is 5.02 Å². The molecule has 1 fully saturated rings. The fraction of sp³-hybridized carbons (Fsp3) is 0.500. The summed E-state index contributed by atoms with van der Waals surface area (Å²) in [6.45, 7) is 0. The Bertz CT molecular complexity index is 382. The molecule has 1 aliphatic carbocycles. The average Bonchev–Trinajstić information content (AvgIpc) is 2.45. The zero-order valence-electron chi connectivity index (χ0n) is 8.31. The van der Waals surface area contributed by atoms with E-state index in [9.17, 15) is 4.79 Å². The summed E-state index contributed by atoms with van der Waals surface area (Å²) in [7, 11) is 1.67. The molecule has 4 nitrogen and oxygen atoms in total. The lowest BCUT2D eigenvalue weighted by Gasteiger charge is -2.35. The fourth-order valence-electron chi connectivity index (χ4n) is 1.88. The molecule has 0 aliphatic heterocycles. The van der Waals surface area contributed by atoms with Crippen LogP contribution in [0.5, 0.6) is 0 Å². The lowest BCUT2D eigenvalue weighted by Crippen LogP contribution is -2.33. The number of carbonyl (C=O) groups is 1. The van der Waals surface area contributed by atoms with Crippen molar-refractivity contribution in [2.24, 2.45) is 0 Å². The number of aromatic carboxylic acids is 1. The van der Waals surface area contributed by atoms with E-state index < -0.39 is 5.97 Å². The summed E-state index contributed by atoms with van der Waals surface area (Å²) in [4.78, 5) is 10.9. The minimum Gasteiger partial charge on any atom is -0.477 e. The number of aromatic nitrogens is 1. The molecule has 2 rings (SSSR count). The van der Waals surface area contributed by atoms with Crippen LogP contribution in [-0.4, -0.2) is 28.9 Å². The van der Waals surface area contributed by atoms with Crippen LogP contribution in [0.3, 0.4) is 0 Å². The first-order valence-electron chi connectivity index (χ1n) is 4.75. The van der Waals surface area contributed by atoms with Gasteiger partial charge in [-0.25, -0.2) is 4.79 Å². The van der Waals surface area contributed by atoms with Crippen LogP contribution in [0.15, 0.2) is 12.3 Å². The van der Waals surface area contributed by atoms with Gasteiger partial charge >= 0.3 is 5.97 Å². The number of carboxylic acid groups (broad SMARTS) is 1. The number of hydrogen-bond acceptors (Lipinski definition) is 2. The van der Waals surface area contributed by atoms with Gasteiger partial charge in [-0.05, 0) is 18.9 Å². The Hall–Kier alpha value is -1.00. The van der Waals surface area contributed by atoms with Crippen molar-refractivity contribution >= 4 is 17.6 Å². The molecule has 0 unspecified atom stereocenters. The summed E-state index contributed by atoms with van der Waals surface area (Å²) >= 11 is 5.79. The normalized spacial score (nSPS) is 24.9. The maximum absolute atomic E-state index is 10.9. The van der Waals surface area contributed by atoms with Crippen molar-refractivity contribution in [3.05, 3.63) is 23.0 Å². The van der Waals surface area contributed by atoms with Crippen LogP contribution >= 0.6 is 11.6 Å². The van der Waals surface area contributed by atoms with Gasteiger partial charge in [-0.2, -0.15) is 0 Å². The van der Waals surface area contributed by atoms with E-state index in [1.54, 1.807) is 17.9 Å². The van der Waals surface area contributed by atoms with E-state index >= 15 is 0 Å². The molecule has 15 heavy (non-hydrogen) atoms. The third-order valence-corrected chi connectivity index (χ3v) is 3.04. The van der Waals surface area contributed by atoms with Crippen molar-refractivity contribution in [1.29, 1.82) is 0 Å². The summed E-state index contributed by atoms with van der Waals surface area (Å²) in [5, 5.41) is 9.43. The Morgan fingerprint density at radius 2 is 2.33 bits per heavy atom. The van der Waals surface area contributed by atoms with Crippen LogP contribution in [0.4, 0.5) is 0 Å². The van der Waals surface area contributed by atoms with E-state index in [2.05, 4.69) is 0 Å². The predicted molar refractivity (Wildman–Crippen MR) is 55.5 cm³/mol. The van der Waals surface area contributed by atoms with Gasteiger partial charge in [-0.1, -0.05) is 11.6 Å². The lowest BCUT2D eigenvalue weighted by atomic mass is 9.89. The number of methoxy groups -OCH3 is 1. The van der Waals surface area contributed by atoms with E-state index in [1.165, 1.54) is 6.07 Å². The Balaban J connectivity index is 2.18. The number of ether oxygens (including phenoxy) is 1. The van der Waals surface area contributed by atoms with Crippen molar-refractivity contribution in [1.82, 2.24) is 4.57 Å². The molecule has 1 aromatic rings. The van der Waals surface area contributed by atoms with Crippen LogP contribution < -0.4 is 0 Å². The van der Waals surface area contributed by atoms with Gasteiger partial charge in [0.15, 0.2) is 0 Å². The maximum Gasteiger partial charge on any atom is 0.352 e. The molecule has 1 aliphatic rings. The second-order valence-corrected chi connectivity index (χ2v) is 4.18. The number of carboxylic acids is 1. The standard InChI is InChI=1S/C10H12ClNO3/c1-15-8-3-7(4-8)12-5-6(11)2-9(12)10(13)14/h2,5,7-8H,3-4H2,1H3,(H,13,14). The molecule has 5 heteroatoms. The second-order valence-electron chi connectivity index (χ2n) is 3.74. The molecule has 1 heterocycles. The molecule has 0 amide bonds. The van der Waals surface area contributed by atoms with Gasteiger partial charge in [0.25, 0.3) is 0 Å². The van der Waals surface area contributed by atoms with Crippen LogP contribution in [-0.2, 0) is 4.74 Å². The first-order valence-corrected chi connectivity index (χ1v) is 5.13. The van der Waals surface area contributed by atoms with Gasteiger partial charge in [0.1, 0.15) is 5.69 Å². The van der Waals surface area contributed by atoms with Crippen molar-refractivity contribution in [2.75, 3.05) is 7.11 Å². The summed E-state index contributed by atoms with van der Waals surface area (Å²) in [6, 6.07) is 1.68. The van der Waals surface area contributed by atoms with Crippen molar-refractivity contribution in [3.8, 4) is 0 Å². The van der Waals surface area contributed by atoms with E-state index in [1.807, 2.05) is 0 Å². The molecule has 0 radical (unpaired) electrons. The summed E-state index contributed by atoms with van der Waals surface area (Å²) in [5.74, 6) is -0.942. The highest BCUT2D eigenvalue weighted by Crippen LogP contribution is 2.36. The highest BCUT2D eigenvalue weighted by molar-refractivity contribution is 6.30. The minimum absolute atomic E-state index is 0.202. The fourth-order valence-corrected chi connectivity index (χ4v) is 2.09. The number of hydrogen-bond donors (Lipinski definition) is 1. The molecule has 0 bridgehead atoms. The minimum atomic E-state index is -0.942. The van der Waals surface area contributed by atoms with Gasteiger partial charge in [0, 0.05) is 19.3 Å². The molecule has 0 spiro atoms. The summed E-state index contributed by atoms with van der Waals surface area (Å²) in [5.41, 5.74) is 0.250. The molecule has 0 aromatic carbocycles.